The molecule has 2 aliphatic carbocycles. The molecule has 0 bridgehead atoms. The van der Waals surface area contributed by atoms with E-state index >= 15 is 0 Å². The van der Waals surface area contributed by atoms with Crippen LogP contribution in [0, 0.1) is 0 Å². The first-order valence-corrected chi connectivity index (χ1v) is 8.87. The number of aliphatic hydroxyl groups excluding tert-OH is 1. The maximum Gasteiger partial charge on any atom is 0.240 e. The summed E-state index contributed by atoms with van der Waals surface area (Å²) >= 11 is 0. The molecule has 4 nitrogen and oxygen atoms in total. The summed E-state index contributed by atoms with van der Waals surface area (Å²) in [4.78, 5) is 0.330. The Hall–Kier alpha value is -0.910. The maximum atomic E-state index is 12.4. The van der Waals surface area contributed by atoms with Crippen LogP contribution in [-0.4, -0.2) is 25.7 Å². The Kier molecular flexibility index (Phi) is 3.84. The van der Waals surface area contributed by atoms with Crippen molar-refractivity contribution in [3.05, 3.63) is 29.3 Å². The molecule has 1 aromatic rings. The molecule has 0 amide bonds. The zero-order chi connectivity index (χ0) is 14.2. The van der Waals surface area contributed by atoms with E-state index in [2.05, 4.69) is 4.72 Å². The number of hydrogen-bond donors (Lipinski definition) is 2. The Balaban J connectivity index is 1.81. The topological polar surface area (TPSA) is 66.4 Å². The van der Waals surface area contributed by atoms with Crippen molar-refractivity contribution in [2.24, 2.45) is 0 Å². The minimum absolute atomic E-state index is 0.330. The van der Waals surface area contributed by atoms with Gasteiger partial charge in [0.15, 0.2) is 0 Å². The number of rotatable bonds is 3. The highest BCUT2D eigenvalue weighted by Gasteiger charge is 2.28. The second kappa shape index (κ2) is 5.47. The van der Waals surface area contributed by atoms with Crippen LogP contribution in [0.4, 0.5) is 0 Å². The van der Waals surface area contributed by atoms with Gasteiger partial charge in [-0.3, -0.25) is 0 Å². The molecule has 2 N–H and O–H groups in total. The Labute approximate surface area is 120 Å². The molecule has 0 aliphatic heterocycles. The summed E-state index contributed by atoms with van der Waals surface area (Å²) in [6.45, 7) is 0. The van der Waals surface area contributed by atoms with Crippen LogP contribution in [0.5, 0.6) is 0 Å². The van der Waals surface area contributed by atoms with Crippen LogP contribution in [0.2, 0.25) is 0 Å². The van der Waals surface area contributed by atoms with Gasteiger partial charge < -0.3 is 5.11 Å². The largest absolute Gasteiger partial charge is 0.391 e. The van der Waals surface area contributed by atoms with Crippen LogP contribution in [0.1, 0.15) is 43.2 Å². The van der Waals surface area contributed by atoms with Crippen molar-refractivity contribution in [2.75, 3.05) is 0 Å². The zero-order valence-electron chi connectivity index (χ0n) is 11.5. The number of hydrogen-bond acceptors (Lipinski definition) is 3. The van der Waals surface area contributed by atoms with Crippen molar-refractivity contribution < 1.29 is 13.5 Å². The highest BCUT2D eigenvalue weighted by Crippen LogP contribution is 2.26. The van der Waals surface area contributed by atoms with E-state index in [4.69, 9.17) is 0 Å². The summed E-state index contributed by atoms with van der Waals surface area (Å²) in [6.07, 6.45) is 5.88. The Morgan fingerprint density at radius 1 is 1.05 bits per heavy atom. The van der Waals surface area contributed by atoms with Gasteiger partial charge in [0.2, 0.25) is 10.0 Å². The quantitative estimate of drug-likeness (QED) is 0.893. The Bertz CT molecular complexity index is 597. The van der Waals surface area contributed by atoms with Crippen LogP contribution in [0.25, 0.3) is 0 Å². The molecular formula is C15H21NO3S. The Morgan fingerprint density at radius 3 is 2.60 bits per heavy atom. The summed E-state index contributed by atoms with van der Waals surface area (Å²) in [5, 5.41) is 9.91. The SMILES string of the molecule is O=S(=O)(NC1CCCCC1O)c1ccc2c(c1)CCC2. The van der Waals surface area contributed by atoms with Crippen molar-refractivity contribution in [1.29, 1.82) is 0 Å². The molecule has 3 rings (SSSR count). The van der Waals surface area contributed by atoms with Crippen LogP contribution in [0.15, 0.2) is 23.1 Å². The molecule has 0 heterocycles. The number of aryl methyl sites for hydroxylation is 2. The minimum Gasteiger partial charge on any atom is -0.391 e. The molecule has 1 aromatic carbocycles. The molecule has 2 aliphatic rings. The van der Waals surface area contributed by atoms with E-state index in [0.717, 1.165) is 37.7 Å². The van der Waals surface area contributed by atoms with Crippen molar-refractivity contribution in [2.45, 2.75) is 62.0 Å². The molecule has 5 heteroatoms. The van der Waals surface area contributed by atoms with E-state index in [-0.39, 0.29) is 6.04 Å². The van der Waals surface area contributed by atoms with E-state index in [1.165, 1.54) is 5.56 Å². The minimum atomic E-state index is -3.52. The smallest absolute Gasteiger partial charge is 0.240 e. The molecule has 0 spiro atoms. The van der Waals surface area contributed by atoms with Crippen molar-refractivity contribution in [3.63, 3.8) is 0 Å². The van der Waals surface area contributed by atoms with E-state index in [1.807, 2.05) is 6.07 Å². The van der Waals surface area contributed by atoms with Crippen molar-refractivity contribution in [1.82, 2.24) is 4.72 Å². The third kappa shape index (κ3) is 2.75. The second-order valence-corrected chi connectivity index (χ2v) is 7.58. The highest BCUT2D eigenvalue weighted by molar-refractivity contribution is 7.89. The Morgan fingerprint density at radius 2 is 1.80 bits per heavy atom. The van der Waals surface area contributed by atoms with Crippen LogP contribution in [-0.2, 0) is 22.9 Å². The number of aliphatic hydroxyl groups is 1. The summed E-state index contributed by atoms with van der Waals surface area (Å²) < 4.78 is 27.5. The van der Waals surface area contributed by atoms with Gasteiger partial charge in [-0.15, -0.1) is 0 Å². The van der Waals surface area contributed by atoms with Gasteiger partial charge in [-0.25, -0.2) is 13.1 Å². The van der Waals surface area contributed by atoms with Crippen LogP contribution < -0.4 is 4.72 Å². The predicted molar refractivity (Wildman–Crippen MR) is 77.1 cm³/mol. The standard InChI is InChI=1S/C15H21NO3S/c17-15-7-2-1-6-14(15)16-20(18,19)13-9-8-11-4-3-5-12(11)10-13/h8-10,14-17H,1-7H2. The first-order valence-electron chi connectivity index (χ1n) is 7.38. The van der Waals surface area contributed by atoms with Crippen molar-refractivity contribution >= 4 is 10.0 Å². The van der Waals surface area contributed by atoms with E-state index < -0.39 is 16.1 Å². The van der Waals surface area contributed by atoms with Crippen LogP contribution >= 0.6 is 0 Å². The van der Waals surface area contributed by atoms with Gasteiger partial charge in [0.1, 0.15) is 0 Å². The zero-order valence-corrected chi connectivity index (χ0v) is 12.3. The fraction of sp³-hybridized carbons (Fsp3) is 0.600. The molecular weight excluding hydrogens is 274 g/mol. The van der Waals surface area contributed by atoms with Gasteiger partial charge in [-0.05, 0) is 55.4 Å². The lowest BCUT2D eigenvalue weighted by Crippen LogP contribution is -2.44. The number of nitrogens with one attached hydrogen (secondary N) is 1. The third-order valence-corrected chi connectivity index (χ3v) is 5.90. The molecule has 20 heavy (non-hydrogen) atoms. The van der Waals surface area contributed by atoms with Crippen LogP contribution in [0.3, 0.4) is 0 Å². The summed E-state index contributed by atoms with van der Waals surface area (Å²) in [7, 11) is -3.52. The fourth-order valence-electron chi connectivity index (χ4n) is 3.23. The molecule has 0 saturated heterocycles. The molecule has 0 aromatic heterocycles. The van der Waals surface area contributed by atoms with Gasteiger partial charge in [0.05, 0.1) is 11.0 Å². The molecule has 1 saturated carbocycles. The normalized spacial score (nSPS) is 26.4. The number of fused-ring (bicyclic) bond motifs is 1. The van der Waals surface area contributed by atoms with Gasteiger partial charge in [-0.1, -0.05) is 18.9 Å². The van der Waals surface area contributed by atoms with Gasteiger partial charge in [0.25, 0.3) is 0 Å². The average Bonchev–Trinajstić information content (AvgIpc) is 2.88. The fourth-order valence-corrected chi connectivity index (χ4v) is 4.59. The molecule has 2 unspecified atom stereocenters. The van der Waals surface area contributed by atoms with Gasteiger partial charge in [-0.2, -0.15) is 0 Å². The lowest BCUT2D eigenvalue weighted by molar-refractivity contribution is 0.101. The highest BCUT2D eigenvalue weighted by atomic mass is 32.2. The van der Waals surface area contributed by atoms with E-state index in [1.54, 1.807) is 12.1 Å². The lowest BCUT2D eigenvalue weighted by atomic mass is 9.93. The first-order chi connectivity index (χ1) is 9.56. The third-order valence-electron chi connectivity index (χ3n) is 4.42. The summed E-state index contributed by atoms with van der Waals surface area (Å²) in [6, 6.07) is 5.05. The number of sulfonamides is 1. The van der Waals surface area contributed by atoms with E-state index in [0.29, 0.717) is 17.7 Å². The average molecular weight is 295 g/mol. The monoisotopic (exact) mass is 295 g/mol. The molecule has 1 fully saturated rings. The summed E-state index contributed by atoms with van der Waals surface area (Å²) in [5.74, 6) is 0. The first kappa shape index (κ1) is 14.0. The number of benzene rings is 1. The van der Waals surface area contributed by atoms with E-state index in [9.17, 15) is 13.5 Å². The van der Waals surface area contributed by atoms with Gasteiger partial charge >= 0.3 is 0 Å². The lowest BCUT2D eigenvalue weighted by Gasteiger charge is -2.28. The second-order valence-electron chi connectivity index (χ2n) is 5.86. The summed E-state index contributed by atoms with van der Waals surface area (Å²) in [5.41, 5.74) is 2.42. The molecule has 110 valence electrons. The van der Waals surface area contributed by atoms with Gasteiger partial charge in [0, 0.05) is 6.04 Å². The van der Waals surface area contributed by atoms with Crippen molar-refractivity contribution in [3.8, 4) is 0 Å². The predicted octanol–water partition coefficient (Wildman–Crippen LogP) is 1.76. The maximum absolute atomic E-state index is 12.4. The molecule has 0 radical (unpaired) electrons. The molecule has 2 atom stereocenters.